The molecule has 0 saturated carbocycles. The van der Waals surface area contributed by atoms with Crippen LogP contribution in [0.5, 0.6) is 5.75 Å². The Morgan fingerprint density at radius 2 is 2.11 bits per heavy atom. The van der Waals surface area contributed by atoms with Gasteiger partial charge in [-0.3, -0.25) is 0 Å². The van der Waals surface area contributed by atoms with Gasteiger partial charge in [0, 0.05) is 12.6 Å². The van der Waals surface area contributed by atoms with Gasteiger partial charge in [0.25, 0.3) is 0 Å². The van der Waals surface area contributed by atoms with Gasteiger partial charge in [-0.25, -0.2) is 9.37 Å². The van der Waals surface area contributed by atoms with Crippen LogP contribution >= 0.6 is 27.5 Å². The summed E-state index contributed by atoms with van der Waals surface area (Å²) >= 11 is 9.03. The minimum Gasteiger partial charge on any atom is -0.508 e. The van der Waals surface area contributed by atoms with E-state index in [0.717, 1.165) is 11.8 Å². The van der Waals surface area contributed by atoms with Crippen LogP contribution in [0.2, 0.25) is 5.15 Å². The van der Waals surface area contributed by atoms with Crippen molar-refractivity contribution < 1.29 is 9.50 Å². The number of nitrogens with one attached hydrogen (secondary N) is 1. The van der Waals surface area contributed by atoms with Crippen LogP contribution in [0.1, 0.15) is 5.56 Å². The number of hydrogen-bond acceptors (Lipinski definition) is 3. The smallest absolute Gasteiger partial charge is 0.143 e. The number of aromatic hydroxyl groups is 1. The highest BCUT2D eigenvalue weighted by Crippen LogP contribution is 2.23. The summed E-state index contributed by atoms with van der Waals surface area (Å²) in [6, 6.07) is 5.68. The molecule has 0 atom stereocenters. The van der Waals surface area contributed by atoms with Crippen LogP contribution in [0, 0.1) is 5.82 Å². The van der Waals surface area contributed by atoms with Crippen LogP contribution in [0.15, 0.2) is 34.9 Å². The quantitative estimate of drug-likeness (QED) is 0.837. The zero-order chi connectivity index (χ0) is 13.1. The van der Waals surface area contributed by atoms with Gasteiger partial charge in [0.15, 0.2) is 0 Å². The number of pyridine rings is 1. The first-order chi connectivity index (χ1) is 8.54. The van der Waals surface area contributed by atoms with E-state index in [0.29, 0.717) is 21.7 Å². The predicted molar refractivity (Wildman–Crippen MR) is 72.3 cm³/mol. The third kappa shape index (κ3) is 3.34. The summed E-state index contributed by atoms with van der Waals surface area (Å²) in [7, 11) is 0. The lowest BCUT2D eigenvalue weighted by molar-refractivity contribution is 0.468. The van der Waals surface area contributed by atoms with Crippen molar-refractivity contribution in [3.63, 3.8) is 0 Å². The first-order valence-electron chi connectivity index (χ1n) is 5.08. The van der Waals surface area contributed by atoms with Crippen LogP contribution < -0.4 is 5.32 Å². The molecular formula is C12H9BrClFN2O. The van der Waals surface area contributed by atoms with Crippen molar-refractivity contribution in [1.29, 1.82) is 0 Å². The van der Waals surface area contributed by atoms with Crippen molar-refractivity contribution in [1.82, 2.24) is 4.98 Å². The summed E-state index contributed by atoms with van der Waals surface area (Å²) in [5.41, 5.74) is 1.38. The molecule has 2 N–H and O–H groups in total. The largest absolute Gasteiger partial charge is 0.508 e. The van der Waals surface area contributed by atoms with Crippen molar-refractivity contribution >= 4 is 33.2 Å². The lowest BCUT2D eigenvalue weighted by Crippen LogP contribution is -2.00. The van der Waals surface area contributed by atoms with E-state index in [1.165, 1.54) is 12.1 Å². The van der Waals surface area contributed by atoms with Gasteiger partial charge in [-0.15, -0.1) is 0 Å². The van der Waals surface area contributed by atoms with E-state index in [1.54, 1.807) is 12.3 Å². The Kier molecular flexibility index (Phi) is 4.04. The van der Waals surface area contributed by atoms with Gasteiger partial charge < -0.3 is 10.4 Å². The number of anilines is 1. The Morgan fingerprint density at radius 3 is 2.78 bits per heavy atom. The summed E-state index contributed by atoms with van der Waals surface area (Å²) in [6.45, 7) is 0.376. The molecule has 6 heteroatoms. The van der Waals surface area contributed by atoms with E-state index in [9.17, 15) is 9.50 Å². The Balaban J connectivity index is 2.08. The highest BCUT2D eigenvalue weighted by atomic mass is 79.9. The molecule has 0 radical (unpaired) electrons. The van der Waals surface area contributed by atoms with Crippen molar-refractivity contribution in [2.45, 2.75) is 6.54 Å². The number of nitrogens with zero attached hydrogens (tertiary/aromatic N) is 1. The van der Waals surface area contributed by atoms with Crippen molar-refractivity contribution in [2.24, 2.45) is 0 Å². The minimum atomic E-state index is -0.470. The van der Waals surface area contributed by atoms with Crippen molar-refractivity contribution in [2.75, 3.05) is 5.32 Å². The second-order valence-electron chi connectivity index (χ2n) is 3.67. The number of benzene rings is 1. The molecule has 94 valence electrons. The SMILES string of the molecule is Oc1cc(F)cc(CNc2cnc(Cl)c(Br)c2)c1. The van der Waals surface area contributed by atoms with Crippen LogP contribution in [-0.4, -0.2) is 10.1 Å². The topological polar surface area (TPSA) is 45.1 Å². The normalized spacial score (nSPS) is 10.4. The van der Waals surface area contributed by atoms with Gasteiger partial charge in [0.2, 0.25) is 0 Å². The molecule has 0 saturated heterocycles. The van der Waals surface area contributed by atoms with E-state index < -0.39 is 5.82 Å². The second-order valence-corrected chi connectivity index (χ2v) is 4.88. The molecule has 18 heavy (non-hydrogen) atoms. The summed E-state index contributed by atoms with van der Waals surface area (Å²) in [5.74, 6) is -0.565. The molecule has 0 amide bonds. The van der Waals surface area contributed by atoms with Crippen LogP contribution in [0.4, 0.5) is 10.1 Å². The van der Waals surface area contributed by atoms with E-state index in [2.05, 4.69) is 26.2 Å². The van der Waals surface area contributed by atoms with E-state index in [4.69, 9.17) is 11.6 Å². The molecular weight excluding hydrogens is 322 g/mol. The van der Waals surface area contributed by atoms with Crippen molar-refractivity contribution in [3.05, 3.63) is 51.5 Å². The first-order valence-corrected chi connectivity index (χ1v) is 6.25. The molecule has 0 fully saturated rings. The van der Waals surface area contributed by atoms with Crippen molar-refractivity contribution in [3.8, 4) is 5.75 Å². The fraction of sp³-hybridized carbons (Fsp3) is 0.0833. The molecule has 0 spiro atoms. The fourth-order valence-electron chi connectivity index (χ4n) is 1.46. The zero-order valence-corrected chi connectivity index (χ0v) is 11.5. The van der Waals surface area contributed by atoms with Gasteiger partial charge in [-0.05, 0) is 39.7 Å². The lowest BCUT2D eigenvalue weighted by atomic mass is 10.2. The number of halogens is 3. The highest BCUT2D eigenvalue weighted by molar-refractivity contribution is 9.10. The molecule has 3 nitrogen and oxygen atoms in total. The second kappa shape index (κ2) is 5.54. The molecule has 0 aliphatic carbocycles. The zero-order valence-electron chi connectivity index (χ0n) is 9.12. The third-order valence-corrected chi connectivity index (χ3v) is 3.37. The van der Waals surface area contributed by atoms with Gasteiger partial charge >= 0.3 is 0 Å². The standard InChI is InChI=1S/C12H9BrClFN2O/c13-11-4-9(6-17-12(11)14)16-5-7-1-8(15)3-10(18)2-7/h1-4,6,16,18H,5H2. The molecule has 1 aromatic heterocycles. The van der Waals surface area contributed by atoms with E-state index in [-0.39, 0.29) is 5.75 Å². The number of aromatic nitrogens is 1. The summed E-state index contributed by atoms with van der Waals surface area (Å²) in [6.07, 6.45) is 1.58. The molecule has 0 aliphatic heterocycles. The Labute approximate surface area is 117 Å². The Bertz CT molecular complexity index is 560. The maximum atomic E-state index is 13.0. The molecule has 1 aromatic carbocycles. The average Bonchev–Trinajstić information content (AvgIpc) is 2.29. The van der Waals surface area contributed by atoms with E-state index in [1.807, 2.05) is 0 Å². The van der Waals surface area contributed by atoms with Gasteiger partial charge in [-0.1, -0.05) is 11.6 Å². The molecule has 2 rings (SSSR count). The number of phenols is 1. The average molecular weight is 332 g/mol. The minimum absolute atomic E-state index is 0.0952. The number of phenolic OH excluding ortho intramolecular Hbond substituents is 1. The first kappa shape index (κ1) is 13.1. The van der Waals surface area contributed by atoms with Gasteiger partial charge in [0.1, 0.15) is 16.7 Å². The monoisotopic (exact) mass is 330 g/mol. The number of hydrogen-bond donors (Lipinski definition) is 2. The molecule has 0 bridgehead atoms. The molecule has 2 aromatic rings. The predicted octanol–water partition coefficient (Wildman–Crippen LogP) is 3.95. The van der Waals surface area contributed by atoms with Gasteiger partial charge in [-0.2, -0.15) is 0 Å². The summed E-state index contributed by atoms with van der Waals surface area (Å²) < 4.78 is 13.7. The summed E-state index contributed by atoms with van der Waals surface area (Å²) in [4.78, 5) is 3.96. The van der Waals surface area contributed by atoms with Crippen LogP contribution in [0.3, 0.4) is 0 Å². The van der Waals surface area contributed by atoms with E-state index >= 15 is 0 Å². The maximum absolute atomic E-state index is 13.0. The Morgan fingerprint density at radius 1 is 1.33 bits per heavy atom. The third-order valence-electron chi connectivity index (χ3n) is 2.24. The molecule has 0 unspecified atom stereocenters. The highest BCUT2D eigenvalue weighted by Gasteiger charge is 2.02. The maximum Gasteiger partial charge on any atom is 0.143 e. The van der Waals surface area contributed by atoms with Crippen LogP contribution in [-0.2, 0) is 6.54 Å². The summed E-state index contributed by atoms with van der Waals surface area (Å²) in [5, 5.41) is 12.7. The van der Waals surface area contributed by atoms with Crippen LogP contribution in [0.25, 0.3) is 0 Å². The fourth-order valence-corrected chi connectivity index (χ4v) is 1.91. The lowest BCUT2D eigenvalue weighted by Gasteiger charge is -2.07. The Hall–Kier alpha value is -1.33. The molecule has 1 heterocycles. The molecule has 0 aliphatic rings. The number of rotatable bonds is 3. The van der Waals surface area contributed by atoms with Gasteiger partial charge in [0.05, 0.1) is 16.4 Å².